The Kier molecular flexibility index (Phi) is 6.11. The Morgan fingerprint density at radius 3 is 2.68 bits per heavy atom. The van der Waals surface area contributed by atoms with E-state index in [9.17, 15) is 14.0 Å². The molecule has 0 bridgehead atoms. The highest BCUT2D eigenvalue weighted by atomic mass is 19.1. The van der Waals surface area contributed by atoms with Crippen LogP contribution in [0.15, 0.2) is 65.5 Å². The van der Waals surface area contributed by atoms with Crippen LogP contribution >= 0.6 is 0 Å². The topological polar surface area (TPSA) is 67.2 Å². The third kappa shape index (κ3) is 4.66. The Morgan fingerprint density at radius 2 is 1.90 bits per heavy atom. The van der Waals surface area contributed by atoms with Crippen LogP contribution < -0.4 is 15.8 Å². The van der Waals surface area contributed by atoms with Gasteiger partial charge in [0.1, 0.15) is 11.6 Å². The number of carbonyl (C=O) groups is 1. The van der Waals surface area contributed by atoms with Crippen molar-refractivity contribution in [2.24, 2.45) is 5.92 Å². The monoisotopic (exact) mass is 420 g/mol. The summed E-state index contributed by atoms with van der Waals surface area (Å²) in [6.45, 7) is 3.34. The number of amides is 1. The molecular weight excluding hydrogens is 395 g/mol. The first-order valence-electron chi connectivity index (χ1n) is 10.5. The number of rotatable bonds is 5. The van der Waals surface area contributed by atoms with E-state index in [1.807, 2.05) is 29.2 Å². The summed E-state index contributed by atoms with van der Waals surface area (Å²) in [6.07, 6.45) is 2.50. The summed E-state index contributed by atoms with van der Waals surface area (Å²) in [5.41, 5.74) is 2.17. The first kappa shape index (κ1) is 20.8. The molecule has 1 amide bonds. The van der Waals surface area contributed by atoms with Crippen LogP contribution in [0.3, 0.4) is 0 Å². The number of aryl methyl sites for hydroxylation is 1. The summed E-state index contributed by atoms with van der Waals surface area (Å²) in [4.78, 5) is 27.3. The van der Waals surface area contributed by atoms with Gasteiger partial charge in [-0.1, -0.05) is 25.1 Å². The lowest BCUT2D eigenvalue weighted by molar-refractivity contribution is -0.120. The van der Waals surface area contributed by atoms with E-state index in [4.69, 9.17) is 0 Å². The lowest BCUT2D eigenvalue weighted by atomic mass is 9.96. The van der Waals surface area contributed by atoms with Gasteiger partial charge in [-0.2, -0.15) is 4.68 Å². The fourth-order valence-corrected chi connectivity index (χ4v) is 3.92. The lowest BCUT2D eigenvalue weighted by Gasteiger charge is -2.33. The Balaban J connectivity index is 1.52. The fourth-order valence-electron chi connectivity index (χ4n) is 3.92. The van der Waals surface area contributed by atoms with E-state index in [0.717, 1.165) is 37.1 Å². The number of para-hydroxylation sites is 1. The molecule has 2 aromatic carbocycles. The molecule has 3 aromatic rings. The van der Waals surface area contributed by atoms with Gasteiger partial charge in [0, 0.05) is 24.8 Å². The number of carbonyl (C=O) groups excluding carboxylic acids is 1. The second-order valence-corrected chi connectivity index (χ2v) is 7.70. The van der Waals surface area contributed by atoms with Crippen molar-refractivity contribution in [1.82, 2.24) is 9.78 Å². The van der Waals surface area contributed by atoms with E-state index in [0.29, 0.717) is 18.1 Å². The van der Waals surface area contributed by atoms with Crippen molar-refractivity contribution >= 4 is 17.4 Å². The molecule has 1 saturated heterocycles. The number of hydrogen-bond acceptors (Lipinski definition) is 4. The third-order valence-corrected chi connectivity index (χ3v) is 5.63. The Bertz CT molecular complexity index is 1130. The number of nitrogens with one attached hydrogen (secondary N) is 1. The second-order valence-electron chi connectivity index (χ2n) is 7.70. The first-order valence-corrected chi connectivity index (χ1v) is 10.5. The maximum Gasteiger partial charge on any atom is 0.271 e. The molecule has 0 spiro atoms. The molecule has 1 fully saturated rings. The van der Waals surface area contributed by atoms with Crippen LogP contribution in [-0.4, -0.2) is 28.8 Å². The van der Waals surface area contributed by atoms with E-state index >= 15 is 0 Å². The average molecular weight is 420 g/mol. The Labute approximate surface area is 180 Å². The molecular formula is C24H25FN4O2. The molecule has 1 aromatic heterocycles. The summed E-state index contributed by atoms with van der Waals surface area (Å²) < 4.78 is 14.5. The van der Waals surface area contributed by atoms with Crippen molar-refractivity contribution in [2.45, 2.75) is 26.2 Å². The molecule has 0 aliphatic carbocycles. The van der Waals surface area contributed by atoms with Gasteiger partial charge < -0.3 is 10.2 Å². The average Bonchev–Trinajstić information content (AvgIpc) is 2.80. The van der Waals surface area contributed by atoms with E-state index < -0.39 is 0 Å². The van der Waals surface area contributed by atoms with Crippen LogP contribution in [0.4, 0.5) is 15.9 Å². The van der Waals surface area contributed by atoms with Gasteiger partial charge >= 0.3 is 0 Å². The molecule has 7 heteroatoms. The number of benzene rings is 2. The highest BCUT2D eigenvalue weighted by molar-refractivity contribution is 5.93. The van der Waals surface area contributed by atoms with Crippen molar-refractivity contribution in [3.8, 4) is 5.69 Å². The molecule has 0 unspecified atom stereocenters. The summed E-state index contributed by atoms with van der Waals surface area (Å²) in [6, 6.07) is 16.6. The molecule has 0 radical (unpaired) electrons. The minimum Gasteiger partial charge on any atom is -0.354 e. The van der Waals surface area contributed by atoms with Crippen LogP contribution in [0.5, 0.6) is 0 Å². The molecule has 0 saturated carbocycles. The van der Waals surface area contributed by atoms with Gasteiger partial charge in [0.15, 0.2) is 0 Å². The number of anilines is 2. The summed E-state index contributed by atoms with van der Waals surface area (Å²) in [5, 5.41) is 7.56. The van der Waals surface area contributed by atoms with Gasteiger partial charge in [0.2, 0.25) is 5.91 Å². The molecule has 1 N–H and O–H groups in total. The van der Waals surface area contributed by atoms with E-state index in [2.05, 4.69) is 17.3 Å². The molecule has 31 heavy (non-hydrogen) atoms. The van der Waals surface area contributed by atoms with Crippen molar-refractivity contribution in [3.05, 3.63) is 82.4 Å². The number of halogens is 1. The molecule has 1 aliphatic heterocycles. The van der Waals surface area contributed by atoms with Gasteiger partial charge in [0.05, 0.1) is 11.6 Å². The molecule has 4 rings (SSSR count). The van der Waals surface area contributed by atoms with E-state index in [-0.39, 0.29) is 23.2 Å². The number of aromatic nitrogens is 2. The van der Waals surface area contributed by atoms with Crippen molar-refractivity contribution in [1.29, 1.82) is 0 Å². The quantitative estimate of drug-likeness (QED) is 0.682. The zero-order chi connectivity index (χ0) is 21.8. The highest BCUT2D eigenvalue weighted by Crippen LogP contribution is 2.24. The predicted molar refractivity (Wildman–Crippen MR) is 119 cm³/mol. The minimum atomic E-state index is -0.373. The Morgan fingerprint density at radius 1 is 1.13 bits per heavy atom. The minimum absolute atomic E-state index is 0.00236. The first-order chi connectivity index (χ1) is 15.0. The smallest absolute Gasteiger partial charge is 0.271 e. The van der Waals surface area contributed by atoms with Crippen LogP contribution in [-0.2, 0) is 11.2 Å². The Hall–Kier alpha value is -3.48. The maximum atomic E-state index is 13.2. The number of hydrogen-bond donors (Lipinski definition) is 1. The van der Waals surface area contributed by atoms with Crippen molar-refractivity contribution in [3.63, 3.8) is 0 Å². The molecule has 1 atom stereocenters. The molecule has 160 valence electrons. The van der Waals surface area contributed by atoms with Crippen LogP contribution in [0, 0.1) is 11.7 Å². The fraction of sp³-hybridized carbons (Fsp3) is 0.292. The zero-order valence-electron chi connectivity index (χ0n) is 17.4. The maximum absolute atomic E-state index is 13.2. The van der Waals surface area contributed by atoms with Crippen LogP contribution in [0.1, 0.15) is 25.3 Å². The van der Waals surface area contributed by atoms with Gasteiger partial charge in [0.25, 0.3) is 5.56 Å². The summed E-state index contributed by atoms with van der Waals surface area (Å²) in [5.74, 6) is 0.0713. The third-order valence-electron chi connectivity index (χ3n) is 5.63. The van der Waals surface area contributed by atoms with Gasteiger partial charge in [-0.15, -0.1) is 5.10 Å². The molecule has 6 nitrogen and oxygen atoms in total. The summed E-state index contributed by atoms with van der Waals surface area (Å²) in [7, 11) is 0. The van der Waals surface area contributed by atoms with Gasteiger partial charge in [-0.05, 0) is 61.2 Å². The van der Waals surface area contributed by atoms with Gasteiger partial charge in [-0.3, -0.25) is 9.59 Å². The number of piperidine rings is 1. The standard InChI is InChI=1S/C24H25FN4O2/c1-2-17-6-3-4-8-21(17)26-24(31)18-7-5-15-28(16-18)22-13-14-23(30)29(27-22)20-11-9-19(25)10-12-20/h3-4,6,8-14,18H,2,5,7,15-16H2,1H3,(H,26,31)/t18-/m0/s1. The highest BCUT2D eigenvalue weighted by Gasteiger charge is 2.27. The van der Waals surface area contributed by atoms with Crippen molar-refractivity contribution in [2.75, 3.05) is 23.3 Å². The van der Waals surface area contributed by atoms with Crippen LogP contribution in [0.25, 0.3) is 5.69 Å². The summed E-state index contributed by atoms with van der Waals surface area (Å²) >= 11 is 0. The normalized spacial score (nSPS) is 16.2. The lowest BCUT2D eigenvalue weighted by Crippen LogP contribution is -2.42. The zero-order valence-corrected chi connectivity index (χ0v) is 17.4. The number of nitrogens with zero attached hydrogens (tertiary/aromatic N) is 3. The van der Waals surface area contributed by atoms with E-state index in [1.54, 1.807) is 6.07 Å². The second kappa shape index (κ2) is 9.12. The SMILES string of the molecule is CCc1ccccc1NC(=O)[C@H]1CCCN(c2ccc(=O)n(-c3ccc(F)cc3)n2)C1. The predicted octanol–water partition coefficient (Wildman–Crippen LogP) is 3.79. The van der Waals surface area contributed by atoms with Crippen molar-refractivity contribution < 1.29 is 9.18 Å². The molecule has 1 aliphatic rings. The van der Waals surface area contributed by atoms with Crippen LogP contribution in [0.2, 0.25) is 0 Å². The van der Waals surface area contributed by atoms with Gasteiger partial charge in [-0.25, -0.2) is 4.39 Å². The largest absolute Gasteiger partial charge is 0.354 e. The molecule has 2 heterocycles. The van der Waals surface area contributed by atoms with E-state index in [1.165, 1.54) is 35.0 Å².